The number of hydrogen-bond donors (Lipinski definition) is 2. The van der Waals surface area contributed by atoms with Gasteiger partial charge in [0.2, 0.25) is 0 Å². The second-order valence-corrected chi connectivity index (χ2v) is 6.26. The number of thioether (sulfide) groups is 1. The van der Waals surface area contributed by atoms with Crippen LogP contribution in [-0.4, -0.2) is 23.2 Å². The van der Waals surface area contributed by atoms with Crippen molar-refractivity contribution < 1.29 is 19.1 Å². The van der Waals surface area contributed by atoms with Gasteiger partial charge in [-0.1, -0.05) is 0 Å². The molecule has 7 heteroatoms. The number of furan rings is 1. The van der Waals surface area contributed by atoms with Crippen LogP contribution in [-0.2, 0) is 5.75 Å². The zero-order valence-corrected chi connectivity index (χ0v) is 14.0. The van der Waals surface area contributed by atoms with Crippen molar-refractivity contribution in [3.8, 4) is 0 Å². The molecule has 0 radical (unpaired) electrons. The quantitative estimate of drug-likeness (QED) is 0.726. The summed E-state index contributed by atoms with van der Waals surface area (Å²) in [6.45, 7) is 0. The average molecular weight is 417 g/mol. The van der Waals surface area contributed by atoms with Crippen LogP contribution in [0.1, 0.15) is 26.7 Å². The maximum Gasteiger partial charge on any atom is 0.337 e. The summed E-state index contributed by atoms with van der Waals surface area (Å²) in [7, 11) is 0. The van der Waals surface area contributed by atoms with E-state index in [0.29, 0.717) is 11.5 Å². The predicted octanol–water partition coefficient (Wildman–Crippen LogP) is 3.70. The Morgan fingerprint density at radius 1 is 1.33 bits per heavy atom. The summed E-state index contributed by atoms with van der Waals surface area (Å²) in [5, 5.41) is 11.7. The van der Waals surface area contributed by atoms with Crippen LogP contribution < -0.4 is 5.32 Å². The van der Waals surface area contributed by atoms with Gasteiger partial charge >= 0.3 is 5.97 Å². The molecule has 0 bridgehead atoms. The second-order valence-electron chi connectivity index (χ2n) is 4.15. The molecule has 0 aliphatic heterocycles. The number of aromatic carboxylic acids is 1. The lowest BCUT2D eigenvalue weighted by Crippen LogP contribution is -2.14. The molecule has 0 unspecified atom stereocenters. The molecule has 0 fully saturated rings. The van der Waals surface area contributed by atoms with Crippen molar-refractivity contribution in [3.05, 3.63) is 51.0 Å². The Bertz CT molecular complexity index is 683. The van der Waals surface area contributed by atoms with Gasteiger partial charge in [-0.2, -0.15) is 11.8 Å². The summed E-state index contributed by atoms with van der Waals surface area (Å²) in [5.41, 5.74) is 0.293. The highest BCUT2D eigenvalue weighted by atomic mass is 127. The number of carbonyl (C=O) groups excluding carboxylic acids is 1. The van der Waals surface area contributed by atoms with Crippen molar-refractivity contribution in [2.75, 3.05) is 11.6 Å². The van der Waals surface area contributed by atoms with Crippen molar-refractivity contribution in [3.63, 3.8) is 0 Å². The van der Waals surface area contributed by atoms with Crippen LogP contribution in [0.3, 0.4) is 0 Å². The van der Waals surface area contributed by atoms with E-state index >= 15 is 0 Å². The van der Waals surface area contributed by atoms with E-state index in [1.54, 1.807) is 36.0 Å². The number of halogens is 1. The zero-order chi connectivity index (χ0) is 15.4. The van der Waals surface area contributed by atoms with E-state index < -0.39 is 11.9 Å². The molecule has 0 atom stereocenters. The van der Waals surface area contributed by atoms with Crippen molar-refractivity contribution in [1.82, 2.24) is 0 Å². The highest BCUT2D eigenvalue weighted by molar-refractivity contribution is 14.1. The second kappa shape index (κ2) is 6.99. The van der Waals surface area contributed by atoms with Crippen LogP contribution in [0.2, 0.25) is 0 Å². The minimum atomic E-state index is -1.09. The van der Waals surface area contributed by atoms with Crippen LogP contribution >= 0.6 is 34.4 Å². The Kier molecular flexibility index (Phi) is 5.29. The minimum Gasteiger partial charge on any atom is -0.478 e. The fraction of sp³-hybridized carbons (Fsp3) is 0.143. The summed E-state index contributed by atoms with van der Waals surface area (Å²) >= 11 is 3.60. The van der Waals surface area contributed by atoms with Crippen LogP contribution in [0.4, 0.5) is 5.69 Å². The molecule has 0 saturated carbocycles. The fourth-order valence-corrected chi connectivity index (χ4v) is 2.64. The van der Waals surface area contributed by atoms with E-state index in [-0.39, 0.29) is 17.0 Å². The number of carbonyl (C=O) groups is 2. The van der Waals surface area contributed by atoms with Crippen LogP contribution in [0.25, 0.3) is 0 Å². The van der Waals surface area contributed by atoms with Crippen LogP contribution in [0.15, 0.2) is 34.7 Å². The lowest BCUT2D eigenvalue weighted by molar-refractivity contribution is 0.0698. The molecule has 0 spiro atoms. The molecule has 1 amide bonds. The Labute approximate surface area is 139 Å². The van der Waals surface area contributed by atoms with E-state index in [1.807, 2.05) is 28.8 Å². The van der Waals surface area contributed by atoms with Crippen molar-refractivity contribution in [1.29, 1.82) is 0 Å². The molecule has 2 aromatic rings. The lowest BCUT2D eigenvalue weighted by atomic mass is 10.2. The third-order valence-electron chi connectivity index (χ3n) is 2.63. The number of nitrogens with one attached hydrogen (secondary N) is 1. The maximum absolute atomic E-state index is 12.1. The largest absolute Gasteiger partial charge is 0.478 e. The highest BCUT2D eigenvalue weighted by Gasteiger charge is 2.16. The Morgan fingerprint density at radius 2 is 2.10 bits per heavy atom. The number of carboxylic acid groups (broad SMARTS) is 1. The lowest BCUT2D eigenvalue weighted by Gasteiger charge is -2.07. The third kappa shape index (κ3) is 4.01. The van der Waals surface area contributed by atoms with Gasteiger partial charge in [-0.05, 0) is 59.2 Å². The highest BCUT2D eigenvalue weighted by Crippen LogP contribution is 2.21. The van der Waals surface area contributed by atoms with E-state index in [9.17, 15) is 9.59 Å². The molecular formula is C14H12INO4S. The molecule has 5 nitrogen and oxygen atoms in total. The molecule has 0 aliphatic rings. The summed E-state index contributed by atoms with van der Waals surface area (Å²) in [4.78, 5) is 23.3. The minimum absolute atomic E-state index is 0.0474. The van der Waals surface area contributed by atoms with E-state index in [4.69, 9.17) is 9.52 Å². The molecule has 1 aromatic carbocycles. The van der Waals surface area contributed by atoms with Crippen LogP contribution in [0, 0.1) is 3.57 Å². The smallest absolute Gasteiger partial charge is 0.337 e. The Hall–Kier alpha value is -1.48. The Morgan fingerprint density at radius 3 is 2.76 bits per heavy atom. The van der Waals surface area contributed by atoms with E-state index in [1.165, 1.54) is 6.07 Å². The third-order valence-corrected chi connectivity index (χ3v) is 3.88. The van der Waals surface area contributed by atoms with Gasteiger partial charge in [-0.3, -0.25) is 4.79 Å². The van der Waals surface area contributed by atoms with Gasteiger partial charge in [-0.15, -0.1) is 0 Å². The molecule has 0 aliphatic carbocycles. The SMILES string of the molecule is CSCc1ccc(C(=O)Nc2ccc(I)cc2C(=O)O)o1. The predicted molar refractivity (Wildman–Crippen MR) is 90.0 cm³/mol. The van der Waals surface area contributed by atoms with Crippen molar-refractivity contribution >= 4 is 51.9 Å². The Balaban J connectivity index is 2.20. The average Bonchev–Trinajstić information content (AvgIpc) is 2.89. The first kappa shape index (κ1) is 15.9. The molecule has 2 rings (SSSR count). The number of rotatable bonds is 5. The van der Waals surface area contributed by atoms with Crippen LogP contribution in [0.5, 0.6) is 0 Å². The van der Waals surface area contributed by atoms with Gasteiger partial charge in [0.15, 0.2) is 5.76 Å². The van der Waals surface area contributed by atoms with Gasteiger partial charge in [0.05, 0.1) is 17.0 Å². The summed E-state index contributed by atoms with van der Waals surface area (Å²) in [5.74, 6) is -0.0166. The number of amides is 1. The summed E-state index contributed by atoms with van der Waals surface area (Å²) in [6.07, 6.45) is 1.94. The van der Waals surface area contributed by atoms with Gasteiger partial charge in [0, 0.05) is 3.57 Å². The molecule has 2 N–H and O–H groups in total. The summed E-state index contributed by atoms with van der Waals surface area (Å²) < 4.78 is 6.18. The first-order chi connectivity index (χ1) is 10.0. The zero-order valence-electron chi connectivity index (χ0n) is 11.1. The van der Waals surface area contributed by atoms with E-state index in [0.717, 1.165) is 3.57 Å². The van der Waals surface area contributed by atoms with Gasteiger partial charge < -0.3 is 14.8 Å². The standard InChI is InChI=1S/C14H12INO4S/c1-21-7-9-3-5-12(20-9)13(17)16-11-4-2-8(15)6-10(11)14(18)19/h2-6H,7H2,1H3,(H,16,17)(H,18,19). The molecule has 0 saturated heterocycles. The first-order valence-corrected chi connectivity index (χ1v) is 8.40. The van der Waals surface area contributed by atoms with Crippen molar-refractivity contribution in [2.24, 2.45) is 0 Å². The number of hydrogen-bond acceptors (Lipinski definition) is 4. The first-order valence-electron chi connectivity index (χ1n) is 5.93. The number of anilines is 1. The molecular weight excluding hydrogens is 405 g/mol. The maximum atomic E-state index is 12.1. The van der Waals surface area contributed by atoms with Gasteiger partial charge in [0.1, 0.15) is 5.76 Å². The molecule has 1 heterocycles. The fourth-order valence-electron chi connectivity index (χ4n) is 1.71. The van der Waals surface area contributed by atoms with Crippen molar-refractivity contribution in [2.45, 2.75) is 5.75 Å². The number of carboxylic acids is 1. The molecule has 1 aromatic heterocycles. The number of benzene rings is 1. The molecule has 21 heavy (non-hydrogen) atoms. The summed E-state index contributed by atoms with van der Waals surface area (Å²) in [6, 6.07) is 8.10. The topological polar surface area (TPSA) is 79.5 Å². The van der Waals surface area contributed by atoms with Gasteiger partial charge in [-0.25, -0.2) is 4.79 Å². The van der Waals surface area contributed by atoms with Gasteiger partial charge in [0.25, 0.3) is 5.91 Å². The van der Waals surface area contributed by atoms with E-state index in [2.05, 4.69) is 5.32 Å². The monoisotopic (exact) mass is 417 g/mol. The normalized spacial score (nSPS) is 10.4. The molecule has 110 valence electrons.